The van der Waals surface area contributed by atoms with E-state index in [1.807, 2.05) is 49.4 Å². The van der Waals surface area contributed by atoms with Crippen LogP contribution in [0.3, 0.4) is 0 Å². The first kappa shape index (κ1) is 11.8. The molecule has 0 heterocycles. The summed E-state index contributed by atoms with van der Waals surface area (Å²) in [6.07, 6.45) is 8.63. The van der Waals surface area contributed by atoms with E-state index < -0.39 is 5.41 Å². The Morgan fingerprint density at radius 1 is 1.41 bits per heavy atom. The number of hydrogen-bond acceptors (Lipinski definition) is 2. The zero-order valence-electron chi connectivity index (χ0n) is 9.84. The van der Waals surface area contributed by atoms with Crippen molar-refractivity contribution >= 4 is 12.4 Å². The molecule has 0 aliphatic heterocycles. The van der Waals surface area contributed by atoms with E-state index in [-0.39, 0.29) is 12.5 Å². The van der Waals surface area contributed by atoms with Crippen LogP contribution < -0.4 is 0 Å². The zero-order chi connectivity index (χ0) is 12.3. The molecule has 1 aromatic rings. The van der Waals surface area contributed by atoms with Crippen LogP contribution in [0, 0.1) is 5.92 Å². The molecule has 0 saturated heterocycles. The third kappa shape index (κ3) is 1.96. The lowest BCUT2D eigenvalue weighted by atomic mass is 9.68. The summed E-state index contributed by atoms with van der Waals surface area (Å²) in [7, 11) is 0. The molecule has 0 fully saturated rings. The van der Waals surface area contributed by atoms with Gasteiger partial charge in [0.15, 0.2) is 0 Å². The van der Waals surface area contributed by atoms with Gasteiger partial charge in [-0.1, -0.05) is 48.6 Å². The monoisotopic (exact) mass is 228 g/mol. The lowest BCUT2D eigenvalue weighted by Gasteiger charge is -2.34. The summed E-state index contributed by atoms with van der Waals surface area (Å²) >= 11 is 0. The van der Waals surface area contributed by atoms with Crippen LogP contribution in [0.15, 0.2) is 42.5 Å². The lowest BCUT2D eigenvalue weighted by molar-refractivity contribution is -0.112. The van der Waals surface area contributed by atoms with E-state index in [0.29, 0.717) is 0 Å². The molecule has 0 aromatic heterocycles. The van der Waals surface area contributed by atoms with Gasteiger partial charge in [-0.15, -0.1) is 0 Å². The molecule has 2 nitrogen and oxygen atoms in total. The molecule has 0 saturated carbocycles. The summed E-state index contributed by atoms with van der Waals surface area (Å²) in [5, 5.41) is 8.84. The van der Waals surface area contributed by atoms with Gasteiger partial charge in [0.2, 0.25) is 0 Å². The van der Waals surface area contributed by atoms with Gasteiger partial charge >= 0.3 is 0 Å². The highest BCUT2D eigenvalue weighted by molar-refractivity contribution is 5.76. The Morgan fingerprint density at radius 2 is 2.18 bits per heavy atom. The van der Waals surface area contributed by atoms with Crippen molar-refractivity contribution in [1.82, 2.24) is 0 Å². The van der Waals surface area contributed by atoms with Crippen molar-refractivity contribution in [2.75, 3.05) is 6.61 Å². The van der Waals surface area contributed by atoms with Crippen molar-refractivity contribution < 1.29 is 9.90 Å². The summed E-state index contributed by atoms with van der Waals surface area (Å²) in [5.41, 5.74) is 1.60. The Kier molecular flexibility index (Phi) is 3.25. The number of hydrogen-bond donors (Lipinski definition) is 1. The second-order valence-corrected chi connectivity index (χ2v) is 4.48. The van der Waals surface area contributed by atoms with Gasteiger partial charge in [-0.25, -0.2) is 0 Å². The van der Waals surface area contributed by atoms with Crippen LogP contribution in [0.4, 0.5) is 0 Å². The number of aldehydes is 1. The van der Waals surface area contributed by atoms with Gasteiger partial charge in [0.25, 0.3) is 0 Å². The Hall–Kier alpha value is -1.67. The summed E-state index contributed by atoms with van der Waals surface area (Å²) in [6.45, 7) is 1.94. The molecule has 0 bridgehead atoms. The zero-order valence-corrected chi connectivity index (χ0v) is 9.84. The number of carbonyl (C=O) groups is 1. The van der Waals surface area contributed by atoms with Gasteiger partial charge in [-0.3, -0.25) is 0 Å². The number of benzene rings is 1. The number of fused-ring (bicyclic) bond motifs is 1. The fourth-order valence-corrected chi connectivity index (χ4v) is 2.33. The molecule has 0 radical (unpaired) electrons. The maximum absolute atomic E-state index is 11.5. The minimum atomic E-state index is -0.545. The smallest absolute Gasteiger partial charge is 0.131 e. The largest absolute Gasteiger partial charge is 0.392 e. The molecule has 2 unspecified atom stereocenters. The average Bonchev–Trinajstić information content (AvgIpc) is 2.38. The van der Waals surface area contributed by atoms with Crippen molar-refractivity contribution in [3.63, 3.8) is 0 Å². The molecule has 0 spiro atoms. The highest BCUT2D eigenvalue weighted by Gasteiger charge is 2.36. The van der Waals surface area contributed by atoms with E-state index in [1.54, 1.807) is 6.08 Å². The van der Waals surface area contributed by atoms with E-state index in [9.17, 15) is 4.79 Å². The number of aliphatic hydroxyl groups is 1. The first-order valence-corrected chi connectivity index (χ1v) is 5.74. The molecule has 1 aliphatic carbocycles. The molecular weight excluding hydrogens is 212 g/mol. The van der Waals surface area contributed by atoms with Gasteiger partial charge in [-0.05, 0) is 18.1 Å². The Labute approximate surface area is 101 Å². The normalized spacial score (nSPS) is 27.1. The Bertz CT molecular complexity index is 474. The van der Waals surface area contributed by atoms with Crippen molar-refractivity contribution in [3.05, 3.63) is 53.6 Å². The molecule has 1 N–H and O–H groups in total. The number of aliphatic hydroxyl groups excluding tert-OH is 1. The molecule has 0 amide bonds. The molecule has 17 heavy (non-hydrogen) atoms. The SMILES string of the molecule is CC1(C=O)c2ccccc2C=CC1/C=C/CO. The molecule has 88 valence electrons. The number of rotatable bonds is 3. The van der Waals surface area contributed by atoms with Crippen LogP contribution in [0.5, 0.6) is 0 Å². The third-order valence-corrected chi connectivity index (χ3v) is 3.41. The van der Waals surface area contributed by atoms with Crippen molar-refractivity contribution in [1.29, 1.82) is 0 Å². The standard InChI is InChI=1S/C15H16O2/c1-15(11-17)13(6-4-10-16)9-8-12-5-2-3-7-14(12)15/h2-9,11,13,16H,10H2,1H3/b6-4+. The highest BCUT2D eigenvalue weighted by Crippen LogP contribution is 2.38. The van der Waals surface area contributed by atoms with Gasteiger partial charge in [0, 0.05) is 5.92 Å². The first-order valence-electron chi connectivity index (χ1n) is 5.74. The second-order valence-electron chi connectivity index (χ2n) is 4.48. The van der Waals surface area contributed by atoms with Gasteiger partial charge < -0.3 is 9.90 Å². The van der Waals surface area contributed by atoms with Crippen LogP contribution in [-0.4, -0.2) is 18.0 Å². The van der Waals surface area contributed by atoms with Gasteiger partial charge in [-0.2, -0.15) is 0 Å². The van der Waals surface area contributed by atoms with Crippen LogP contribution in [0.25, 0.3) is 6.08 Å². The fraction of sp³-hybridized carbons (Fsp3) is 0.267. The topological polar surface area (TPSA) is 37.3 Å². The average molecular weight is 228 g/mol. The van der Waals surface area contributed by atoms with E-state index in [1.165, 1.54) is 0 Å². The lowest BCUT2D eigenvalue weighted by Crippen LogP contribution is -2.34. The first-order chi connectivity index (χ1) is 8.22. The van der Waals surface area contributed by atoms with Gasteiger partial charge in [0.05, 0.1) is 12.0 Å². The van der Waals surface area contributed by atoms with Crippen LogP contribution in [0.1, 0.15) is 18.1 Å². The van der Waals surface area contributed by atoms with Crippen LogP contribution in [-0.2, 0) is 10.2 Å². The van der Waals surface area contributed by atoms with Crippen molar-refractivity contribution in [2.45, 2.75) is 12.3 Å². The molecule has 2 heteroatoms. The van der Waals surface area contributed by atoms with Crippen molar-refractivity contribution in [3.8, 4) is 0 Å². The molecule has 2 atom stereocenters. The van der Waals surface area contributed by atoms with E-state index in [4.69, 9.17) is 5.11 Å². The summed E-state index contributed by atoms with van der Waals surface area (Å²) in [5.74, 6) is 0.00190. The summed E-state index contributed by atoms with van der Waals surface area (Å²) in [6, 6.07) is 7.93. The Morgan fingerprint density at radius 3 is 2.88 bits per heavy atom. The maximum Gasteiger partial charge on any atom is 0.131 e. The second kappa shape index (κ2) is 4.68. The van der Waals surface area contributed by atoms with Crippen LogP contribution >= 0.6 is 0 Å². The molecule has 1 aliphatic rings. The quantitative estimate of drug-likeness (QED) is 0.637. The van der Waals surface area contributed by atoms with E-state index in [2.05, 4.69) is 0 Å². The van der Waals surface area contributed by atoms with E-state index in [0.717, 1.165) is 17.4 Å². The minimum absolute atomic E-state index is 0.000917. The minimum Gasteiger partial charge on any atom is -0.392 e. The summed E-state index contributed by atoms with van der Waals surface area (Å²) in [4.78, 5) is 11.5. The van der Waals surface area contributed by atoms with E-state index >= 15 is 0 Å². The Balaban J connectivity index is 2.49. The fourth-order valence-electron chi connectivity index (χ4n) is 2.33. The molecular formula is C15H16O2. The van der Waals surface area contributed by atoms with Crippen LogP contribution in [0.2, 0.25) is 0 Å². The van der Waals surface area contributed by atoms with Crippen molar-refractivity contribution in [2.24, 2.45) is 5.92 Å². The van der Waals surface area contributed by atoms with Gasteiger partial charge in [0.1, 0.15) is 6.29 Å². The molecule has 1 aromatic carbocycles. The highest BCUT2D eigenvalue weighted by atomic mass is 16.2. The number of allylic oxidation sites excluding steroid dienone is 2. The number of carbonyl (C=O) groups excluding carboxylic acids is 1. The third-order valence-electron chi connectivity index (χ3n) is 3.41. The maximum atomic E-state index is 11.5. The predicted octanol–water partition coefficient (Wildman–Crippen LogP) is 2.33. The summed E-state index contributed by atoms with van der Waals surface area (Å²) < 4.78 is 0. The molecule has 2 rings (SSSR count). The predicted molar refractivity (Wildman–Crippen MR) is 68.6 cm³/mol.